The third-order valence-corrected chi connectivity index (χ3v) is 4.87. The Bertz CT molecular complexity index is 1190. The van der Waals surface area contributed by atoms with Gasteiger partial charge < -0.3 is 9.47 Å². The van der Waals surface area contributed by atoms with Gasteiger partial charge in [0.15, 0.2) is 0 Å². The Morgan fingerprint density at radius 2 is 1.55 bits per heavy atom. The van der Waals surface area contributed by atoms with E-state index in [1.807, 2.05) is 54.7 Å². The van der Waals surface area contributed by atoms with Crippen molar-refractivity contribution in [3.63, 3.8) is 0 Å². The first-order chi connectivity index (χ1) is 14.1. The van der Waals surface area contributed by atoms with Crippen LogP contribution in [0.4, 0.5) is 0 Å². The lowest BCUT2D eigenvalue weighted by Crippen LogP contribution is -2.11. The number of ether oxygens (including phenoxy) is 2. The fraction of sp³-hybridized carbons (Fsp3) is 0.0833. The van der Waals surface area contributed by atoms with Crippen molar-refractivity contribution in [3.8, 4) is 16.9 Å². The van der Waals surface area contributed by atoms with Crippen LogP contribution in [0.2, 0.25) is 0 Å². The highest BCUT2D eigenvalue weighted by molar-refractivity contribution is 6.08. The van der Waals surface area contributed by atoms with Crippen molar-refractivity contribution in [1.82, 2.24) is 4.57 Å². The Hall–Kier alpha value is -3.86. The SMILES string of the molecule is COC(=O)c1ccc2c(-c3ccc(OC)cc3)cn(C(=O)c3ccccc3)c2c1. The molecule has 4 rings (SSSR count). The van der Waals surface area contributed by atoms with E-state index in [4.69, 9.17) is 9.47 Å². The van der Waals surface area contributed by atoms with E-state index in [1.54, 1.807) is 35.9 Å². The van der Waals surface area contributed by atoms with Crippen LogP contribution >= 0.6 is 0 Å². The van der Waals surface area contributed by atoms with Crippen molar-refractivity contribution >= 4 is 22.8 Å². The first-order valence-electron chi connectivity index (χ1n) is 9.10. The van der Waals surface area contributed by atoms with Gasteiger partial charge in [-0.3, -0.25) is 9.36 Å². The maximum atomic E-state index is 13.2. The van der Waals surface area contributed by atoms with Crippen molar-refractivity contribution in [2.75, 3.05) is 14.2 Å². The summed E-state index contributed by atoms with van der Waals surface area (Å²) in [6.45, 7) is 0. The second-order valence-electron chi connectivity index (χ2n) is 6.54. The topological polar surface area (TPSA) is 57.5 Å². The van der Waals surface area contributed by atoms with Gasteiger partial charge in [0.25, 0.3) is 5.91 Å². The molecule has 0 aliphatic rings. The lowest BCUT2D eigenvalue weighted by Gasteiger charge is -2.05. The standard InChI is InChI=1S/C24H19NO4/c1-28-19-11-8-16(9-12-19)21-15-25(23(26)17-6-4-3-5-7-17)22-14-18(24(27)29-2)10-13-20(21)22/h3-15H,1-2H3. The minimum Gasteiger partial charge on any atom is -0.497 e. The van der Waals surface area contributed by atoms with Crippen LogP contribution in [-0.4, -0.2) is 30.7 Å². The minimum atomic E-state index is -0.446. The third-order valence-electron chi connectivity index (χ3n) is 4.87. The fourth-order valence-electron chi connectivity index (χ4n) is 3.36. The normalized spacial score (nSPS) is 10.7. The van der Waals surface area contributed by atoms with E-state index in [2.05, 4.69) is 0 Å². The molecule has 5 heteroatoms. The van der Waals surface area contributed by atoms with E-state index in [1.165, 1.54) is 7.11 Å². The smallest absolute Gasteiger partial charge is 0.337 e. The van der Waals surface area contributed by atoms with Crippen LogP contribution in [0.3, 0.4) is 0 Å². The summed E-state index contributed by atoms with van der Waals surface area (Å²) in [6.07, 6.45) is 1.81. The van der Waals surface area contributed by atoms with Crippen molar-refractivity contribution < 1.29 is 19.1 Å². The number of nitrogens with zero attached hydrogens (tertiary/aromatic N) is 1. The molecule has 3 aromatic carbocycles. The molecule has 0 radical (unpaired) electrons. The molecule has 4 aromatic rings. The van der Waals surface area contributed by atoms with Gasteiger partial charge in [-0.15, -0.1) is 0 Å². The summed E-state index contributed by atoms with van der Waals surface area (Å²) in [6, 6.07) is 21.9. The van der Waals surface area contributed by atoms with E-state index in [0.29, 0.717) is 16.6 Å². The Morgan fingerprint density at radius 1 is 0.828 bits per heavy atom. The van der Waals surface area contributed by atoms with Crippen LogP contribution in [0.25, 0.3) is 22.0 Å². The Balaban J connectivity index is 1.92. The van der Waals surface area contributed by atoms with E-state index in [-0.39, 0.29) is 5.91 Å². The molecule has 0 aliphatic carbocycles. The quantitative estimate of drug-likeness (QED) is 0.474. The van der Waals surface area contributed by atoms with E-state index >= 15 is 0 Å². The van der Waals surface area contributed by atoms with Crippen LogP contribution in [0.15, 0.2) is 79.0 Å². The molecule has 0 saturated heterocycles. The van der Waals surface area contributed by atoms with Crippen molar-refractivity contribution in [2.24, 2.45) is 0 Å². The molecule has 0 N–H and O–H groups in total. The number of hydrogen-bond donors (Lipinski definition) is 0. The first-order valence-corrected chi connectivity index (χ1v) is 9.10. The van der Waals surface area contributed by atoms with Crippen molar-refractivity contribution in [1.29, 1.82) is 0 Å². The largest absolute Gasteiger partial charge is 0.497 e. The molecule has 0 aliphatic heterocycles. The third kappa shape index (κ3) is 3.38. The summed E-state index contributed by atoms with van der Waals surface area (Å²) in [5.41, 5.74) is 3.44. The van der Waals surface area contributed by atoms with Gasteiger partial charge in [0.2, 0.25) is 0 Å². The zero-order chi connectivity index (χ0) is 20.4. The zero-order valence-corrected chi connectivity index (χ0v) is 16.1. The molecule has 0 fully saturated rings. The molecular weight excluding hydrogens is 366 g/mol. The van der Waals surface area contributed by atoms with E-state index in [0.717, 1.165) is 22.3 Å². The maximum absolute atomic E-state index is 13.2. The summed E-state index contributed by atoms with van der Waals surface area (Å²) in [7, 11) is 2.96. The van der Waals surface area contributed by atoms with Crippen LogP contribution < -0.4 is 4.74 Å². The molecule has 0 unspecified atom stereocenters. The summed E-state index contributed by atoms with van der Waals surface area (Å²) in [5, 5.41) is 0.868. The predicted molar refractivity (Wildman–Crippen MR) is 111 cm³/mol. The number of aromatic nitrogens is 1. The molecular formula is C24H19NO4. The molecule has 5 nitrogen and oxygen atoms in total. The monoisotopic (exact) mass is 385 g/mol. The number of fused-ring (bicyclic) bond motifs is 1. The summed E-state index contributed by atoms with van der Waals surface area (Å²) in [4.78, 5) is 25.2. The molecule has 0 atom stereocenters. The second-order valence-corrected chi connectivity index (χ2v) is 6.54. The van der Waals surface area contributed by atoms with Gasteiger partial charge in [0, 0.05) is 22.7 Å². The summed E-state index contributed by atoms with van der Waals surface area (Å²) >= 11 is 0. The lowest BCUT2D eigenvalue weighted by atomic mass is 10.0. The van der Waals surface area contributed by atoms with Crippen molar-refractivity contribution in [2.45, 2.75) is 0 Å². The van der Waals surface area contributed by atoms with Gasteiger partial charge in [-0.2, -0.15) is 0 Å². The van der Waals surface area contributed by atoms with Crippen molar-refractivity contribution in [3.05, 3.63) is 90.1 Å². The lowest BCUT2D eigenvalue weighted by molar-refractivity contribution is 0.0600. The van der Waals surface area contributed by atoms with Gasteiger partial charge in [0.05, 0.1) is 25.3 Å². The number of methoxy groups -OCH3 is 2. The van der Waals surface area contributed by atoms with Gasteiger partial charge in [-0.1, -0.05) is 36.4 Å². The average Bonchev–Trinajstić information content (AvgIpc) is 3.17. The zero-order valence-electron chi connectivity index (χ0n) is 16.1. The summed E-state index contributed by atoms with van der Waals surface area (Å²) < 4.78 is 11.7. The molecule has 0 saturated carbocycles. The van der Waals surface area contributed by atoms with Gasteiger partial charge in [-0.25, -0.2) is 4.79 Å². The molecule has 29 heavy (non-hydrogen) atoms. The Morgan fingerprint density at radius 3 is 2.21 bits per heavy atom. The molecule has 1 heterocycles. The molecule has 144 valence electrons. The number of rotatable bonds is 4. The van der Waals surface area contributed by atoms with Crippen LogP contribution in [0.1, 0.15) is 20.7 Å². The second kappa shape index (κ2) is 7.64. The van der Waals surface area contributed by atoms with E-state index in [9.17, 15) is 9.59 Å². The summed E-state index contributed by atoms with van der Waals surface area (Å²) in [5.74, 6) is 0.140. The predicted octanol–water partition coefficient (Wildman–Crippen LogP) is 4.79. The van der Waals surface area contributed by atoms with Crippen LogP contribution in [0.5, 0.6) is 5.75 Å². The van der Waals surface area contributed by atoms with Gasteiger partial charge in [-0.05, 0) is 42.0 Å². The highest BCUT2D eigenvalue weighted by Crippen LogP contribution is 2.33. The number of carbonyl (C=O) groups is 2. The van der Waals surface area contributed by atoms with Crippen LogP contribution in [-0.2, 0) is 4.74 Å². The van der Waals surface area contributed by atoms with E-state index < -0.39 is 5.97 Å². The number of esters is 1. The fourth-order valence-corrected chi connectivity index (χ4v) is 3.36. The molecule has 0 bridgehead atoms. The molecule has 0 spiro atoms. The average molecular weight is 385 g/mol. The van der Waals surface area contributed by atoms with Gasteiger partial charge in [0.1, 0.15) is 5.75 Å². The minimum absolute atomic E-state index is 0.169. The Kier molecular flexibility index (Phi) is 4.87. The highest BCUT2D eigenvalue weighted by atomic mass is 16.5. The Labute approximate surface area is 168 Å². The maximum Gasteiger partial charge on any atom is 0.337 e. The number of benzene rings is 3. The first kappa shape index (κ1) is 18.5. The van der Waals surface area contributed by atoms with Crippen LogP contribution in [0, 0.1) is 0 Å². The number of carbonyl (C=O) groups excluding carboxylic acids is 2. The van der Waals surface area contributed by atoms with Gasteiger partial charge >= 0.3 is 5.97 Å². The number of hydrogen-bond acceptors (Lipinski definition) is 4. The highest BCUT2D eigenvalue weighted by Gasteiger charge is 2.18. The molecule has 0 amide bonds. The molecule has 1 aromatic heterocycles.